The van der Waals surface area contributed by atoms with Crippen LogP contribution in [0.15, 0.2) is 48.5 Å². The van der Waals surface area contributed by atoms with E-state index in [0.29, 0.717) is 27.5 Å². The number of halogens is 4. The molecular formula is C18H11ClF3N3O5S. The van der Waals surface area contributed by atoms with Crippen molar-refractivity contribution in [2.45, 2.75) is 5.51 Å². The molecule has 0 saturated carbocycles. The minimum Gasteiger partial charge on any atom is -0.741 e. The van der Waals surface area contributed by atoms with Crippen molar-refractivity contribution in [1.82, 2.24) is 9.90 Å². The van der Waals surface area contributed by atoms with Crippen LogP contribution in [0.25, 0.3) is 5.69 Å². The summed E-state index contributed by atoms with van der Waals surface area (Å²) < 4.78 is 61.8. The zero-order chi connectivity index (χ0) is 23.1. The summed E-state index contributed by atoms with van der Waals surface area (Å²) in [5, 5.41) is 4.91. The monoisotopic (exact) mass is 473 g/mol. The van der Waals surface area contributed by atoms with Crippen molar-refractivity contribution in [3.63, 3.8) is 0 Å². The van der Waals surface area contributed by atoms with Gasteiger partial charge in [0.25, 0.3) is 5.69 Å². The number of aryl methyl sites for hydroxylation is 1. The molecule has 4 rings (SSSR count). The lowest BCUT2D eigenvalue weighted by molar-refractivity contribution is -0.733. The Balaban J connectivity index is 0.000000293. The van der Waals surface area contributed by atoms with Gasteiger partial charge in [0.15, 0.2) is 15.8 Å². The summed E-state index contributed by atoms with van der Waals surface area (Å²) >= 11 is 5.91. The standard InChI is InChI=1S/C17H11ClN3O2.CHF3O3S/c1-20-14-15(21(19-20)11-8-6-10(18)7-9-11)17(23)13-5-3-2-4-12(13)16(14)22;2-1(3,4)8(5,6)7/h2-9H,1H3;(H,5,6,7)/q+1;/p-1. The first-order valence-electron chi connectivity index (χ1n) is 8.29. The van der Waals surface area contributed by atoms with E-state index in [-0.39, 0.29) is 17.3 Å². The van der Waals surface area contributed by atoms with Crippen LogP contribution in [0, 0.1) is 0 Å². The van der Waals surface area contributed by atoms with E-state index in [1.165, 1.54) is 9.36 Å². The van der Waals surface area contributed by atoms with Gasteiger partial charge in [-0.1, -0.05) is 40.5 Å². The second kappa shape index (κ2) is 7.87. The number of rotatable bonds is 1. The molecule has 1 aliphatic rings. The van der Waals surface area contributed by atoms with Gasteiger partial charge in [-0.3, -0.25) is 9.59 Å². The van der Waals surface area contributed by atoms with Crippen molar-refractivity contribution in [3.05, 3.63) is 76.1 Å². The summed E-state index contributed by atoms with van der Waals surface area (Å²) in [6.07, 6.45) is 0. The van der Waals surface area contributed by atoms with Gasteiger partial charge in [-0.15, -0.1) is 4.68 Å². The van der Waals surface area contributed by atoms with Gasteiger partial charge >= 0.3 is 5.51 Å². The number of benzene rings is 2. The number of carbonyl (C=O) groups excluding carboxylic acids is 2. The highest BCUT2D eigenvalue weighted by atomic mass is 35.5. The van der Waals surface area contributed by atoms with Crippen LogP contribution in [-0.2, 0) is 17.2 Å². The van der Waals surface area contributed by atoms with E-state index in [1.54, 1.807) is 55.6 Å². The maximum atomic E-state index is 12.9. The second-order valence-corrected chi connectivity index (χ2v) is 8.01. The lowest BCUT2D eigenvalue weighted by atomic mass is 9.90. The van der Waals surface area contributed by atoms with Crippen LogP contribution in [0.3, 0.4) is 0 Å². The number of ketones is 2. The summed E-state index contributed by atoms with van der Waals surface area (Å²) in [6.45, 7) is 0. The molecule has 0 fully saturated rings. The minimum atomic E-state index is -6.09. The Bertz CT molecular complexity index is 1300. The highest BCUT2D eigenvalue weighted by Gasteiger charge is 2.42. The van der Waals surface area contributed by atoms with E-state index in [1.807, 2.05) is 0 Å². The Morgan fingerprint density at radius 2 is 1.48 bits per heavy atom. The third-order valence-corrected chi connectivity index (χ3v) is 5.00. The molecule has 0 radical (unpaired) electrons. The molecule has 162 valence electrons. The van der Waals surface area contributed by atoms with Crippen LogP contribution in [-0.4, -0.2) is 39.9 Å². The zero-order valence-corrected chi connectivity index (χ0v) is 17.0. The topological polar surface area (TPSA) is 113 Å². The maximum Gasteiger partial charge on any atom is 0.485 e. The van der Waals surface area contributed by atoms with E-state index in [2.05, 4.69) is 5.21 Å². The summed E-state index contributed by atoms with van der Waals surface area (Å²) in [6, 6.07) is 13.8. The normalized spacial score (nSPS) is 13.2. The zero-order valence-electron chi connectivity index (χ0n) is 15.4. The molecule has 0 saturated heterocycles. The first-order chi connectivity index (χ1) is 14.3. The Kier molecular flexibility index (Phi) is 5.74. The number of alkyl halides is 3. The molecule has 0 bridgehead atoms. The highest BCUT2D eigenvalue weighted by molar-refractivity contribution is 7.86. The molecule has 2 aromatic carbocycles. The SMILES string of the molecule is C[n+]1nn(-c2ccc(Cl)cc2)c2c1C(=O)c1ccccc1C2=O.O=S(=O)([O-])C(F)(F)F. The van der Waals surface area contributed by atoms with E-state index in [4.69, 9.17) is 24.6 Å². The van der Waals surface area contributed by atoms with E-state index >= 15 is 0 Å². The lowest BCUT2D eigenvalue weighted by Crippen LogP contribution is -2.39. The van der Waals surface area contributed by atoms with Crippen molar-refractivity contribution >= 4 is 33.3 Å². The van der Waals surface area contributed by atoms with Gasteiger partial charge in [-0.25, -0.2) is 8.42 Å². The quantitative estimate of drug-likeness (QED) is 0.238. The summed E-state index contributed by atoms with van der Waals surface area (Å²) in [5.41, 5.74) is -3.58. The van der Waals surface area contributed by atoms with Crippen molar-refractivity contribution in [2.75, 3.05) is 0 Å². The molecule has 0 N–H and O–H groups in total. The molecule has 31 heavy (non-hydrogen) atoms. The van der Waals surface area contributed by atoms with Gasteiger partial charge in [-0.2, -0.15) is 13.2 Å². The van der Waals surface area contributed by atoms with Gasteiger partial charge in [-0.05, 0) is 24.3 Å². The lowest BCUT2D eigenvalue weighted by Gasteiger charge is -2.10. The molecule has 8 nitrogen and oxygen atoms in total. The molecule has 1 heterocycles. The fourth-order valence-electron chi connectivity index (χ4n) is 2.83. The van der Waals surface area contributed by atoms with E-state index in [9.17, 15) is 22.8 Å². The largest absolute Gasteiger partial charge is 0.741 e. The van der Waals surface area contributed by atoms with E-state index in [0.717, 1.165) is 0 Å². The first-order valence-corrected chi connectivity index (χ1v) is 10.1. The highest BCUT2D eigenvalue weighted by Crippen LogP contribution is 2.26. The van der Waals surface area contributed by atoms with Crippen molar-refractivity contribution in [1.29, 1.82) is 0 Å². The number of hydrogen-bond donors (Lipinski definition) is 0. The number of fused-ring (bicyclic) bond motifs is 2. The molecule has 0 aliphatic heterocycles. The molecule has 13 heteroatoms. The third kappa shape index (κ3) is 4.22. The fourth-order valence-corrected chi connectivity index (χ4v) is 2.96. The van der Waals surface area contributed by atoms with Crippen molar-refractivity contribution < 1.29 is 40.4 Å². The Morgan fingerprint density at radius 1 is 1.00 bits per heavy atom. The first kappa shape index (κ1) is 22.6. The molecule has 3 aromatic rings. The third-order valence-electron chi connectivity index (χ3n) is 4.18. The molecular weight excluding hydrogens is 463 g/mol. The second-order valence-electron chi connectivity index (χ2n) is 6.20. The minimum absolute atomic E-state index is 0.196. The van der Waals surface area contributed by atoms with Crippen LogP contribution in [0.1, 0.15) is 32.1 Å². The maximum absolute atomic E-state index is 12.9. The summed E-state index contributed by atoms with van der Waals surface area (Å²) in [7, 11) is -4.43. The molecule has 0 atom stereocenters. The van der Waals surface area contributed by atoms with Crippen molar-refractivity contribution in [3.8, 4) is 5.69 Å². The summed E-state index contributed by atoms with van der Waals surface area (Å²) in [5.74, 6) is -0.406. The van der Waals surface area contributed by atoms with Crippen LogP contribution in [0.4, 0.5) is 13.2 Å². The Labute approximate surface area is 178 Å². The van der Waals surface area contributed by atoms with Gasteiger partial charge in [0.2, 0.25) is 17.3 Å². The average molecular weight is 474 g/mol. The average Bonchev–Trinajstić information content (AvgIpc) is 3.03. The van der Waals surface area contributed by atoms with Crippen LogP contribution >= 0.6 is 11.6 Å². The predicted octanol–water partition coefficient (Wildman–Crippen LogP) is 2.18. The number of nitrogens with zero attached hydrogens (tertiary/aromatic N) is 3. The van der Waals surface area contributed by atoms with Crippen molar-refractivity contribution in [2.24, 2.45) is 7.05 Å². The van der Waals surface area contributed by atoms with Crippen LogP contribution in [0.5, 0.6) is 0 Å². The number of carbonyl (C=O) groups is 2. The van der Waals surface area contributed by atoms with Gasteiger partial charge in [0.1, 0.15) is 7.05 Å². The molecule has 0 amide bonds. The van der Waals surface area contributed by atoms with Gasteiger partial charge < -0.3 is 4.55 Å². The number of hydrogen-bond acceptors (Lipinski definition) is 6. The van der Waals surface area contributed by atoms with Crippen LogP contribution < -0.4 is 4.68 Å². The molecule has 0 spiro atoms. The predicted molar refractivity (Wildman–Crippen MR) is 98.8 cm³/mol. The summed E-state index contributed by atoms with van der Waals surface area (Å²) in [4.78, 5) is 25.6. The van der Waals surface area contributed by atoms with Gasteiger partial charge in [0.05, 0.1) is 5.21 Å². The van der Waals surface area contributed by atoms with Gasteiger partial charge in [0, 0.05) is 16.1 Å². The smallest absolute Gasteiger partial charge is 0.485 e. The molecule has 1 aliphatic carbocycles. The Hall–Kier alpha value is -3.09. The fraction of sp³-hybridized carbons (Fsp3) is 0.111. The molecule has 0 unspecified atom stereocenters. The van der Waals surface area contributed by atoms with E-state index < -0.39 is 15.6 Å². The van der Waals surface area contributed by atoms with Crippen LogP contribution in [0.2, 0.25) is 5.02 Å². The number of aromatic nitrogens is 3. The Morgan fingerprint density at radius 3 is 1.97 bits per heavy atom. The molecule has 1 aromatic heterocycles.